The van der Waals surface area contributed by atoms with Crippen LogP contribution in [0.5, 0.6) is 0 Å². The summed E-state index contributed by atoms with van der Waals surface area (Å²) in [5.41, 5.74) is 0.452. The highest BCUT2D eigenvalue weighted by Gasteiger charge is 2.29. The molecule has 1 unspecified atom stereocenters. The molecule has 7 nitrogen and oxygen atoms in total. The van der Waals surface area contributed by atoms with Crippen LogP contribution in [-0.4, -0.2) is 64.7 Å². The molecule has 8 heteroatoms. The number of hydrogen-bond acceptors (Lipinski definition) is 5. The van der Waals surface area contributed by atoms with Crippen molar-refractivity contribution in [3.05, 3.63) is 11.9 Å². The van der Waals surface area contributed by atoms with Gasteiger partial charge in [-0.1, -0.05) is 19.1 Å². The van der Waals surface area contributed by atoms with E-state index in [0.717, 1.165) is 45.5 Å². The zero-order chi connectivity index (χ0) is 16.2. The number of carbonyl (C=O) groups excluding carboxylic acids is 1. The fraction of sp³-hybridized carbons (Fsp3) is 0.812. The number of ether oxygens (including phenoxy) is 1. The normalized spacial score (nSPS) is 22.0. The zero-order valence-electron chi connectivity index (χ0n) is 14.5. The van der Waals surface area contributed by atoms with E-state index in [0.29, 0.717) is 24.2 Å². The Bertz CT molecular complexity index is 530. The van der Waals surface area contributed by atoms with E-state index < -0.39 is 0 Å². The number of nitrogens with one attached hydrogen (secondary N) is 1. The molecule has 0 radical (unpaired) electrons. The van der Waals surface area contributed by atoms with Crippen molar-refractivity contribution >= 4 is 18.3 Å². The lowest BCUT2D eigenvalue weighted by Crippen LogP contribution is -2.31. The number of piperidine rings is 1. The number of rotatable bonds is 5. The molecule has 0 aliphatic carbocycles. The van der Waals surface area contributed by atoms with Gasteiger partial charge in [0.05, 0.1) is 18.3 Å². The Hall–Kier alpha value is -1.18. The van der Waals surface area contributed by atoms with Crippen LogP contribution in [0.1, 0.15) is 49.6 Å². The topological polar surface area (TPSA) is 72.3 Å². The van der Waals surface area contributed by atoms with Gasteiger partial charge in [0.2, 0.25) is 0 Å². The van der Waals surface area contributed by atoms with Gasteiger partial charge in [-0.05, 0) is 38.3 Å². The van der Waals surface area contributed by atoms with Crippen LogP contribution in [0.25, 0.3) is 0 Å². The Morgan fingerprint density at radius 2 is 2.12 bits per heavy atom. The molecule has 0 spiro atoms. The van der Waals surface area contributed by atoms with E-state index >= 15 is 0 Å². The quantitative estimate of drug-likeness (QED) is 0.864. The molecule has 0 aromatic carbocycles. The van der Waals surface area contributed by atoms with E-state index in [1.807, 2.05) is 9.58 Å². The highest BCUT2D eigenvalue weighted by atomic mass is 35.5. The number of hydrogen-bond donors (Lipinski definition) is 1. The fourth-order valence-electron chi connectivity index (χ4n) is 3.16. The molecule has 2 fully saturated rings. The summed E-state index contributed by atoms with van der Waals surface area (Å²) in [5.74, 6) is 0.491. The summed E-state index contributed by atoms with van der Waals surface area (Å²) in [6.07, 6.45) is 4.93. The van der Waals surface area contributed by atoms with Crippen LogP contribution >= 0.6 is 12.4 Å². The molecule has 2 saturated heterocycles. The highest BCUT2D eigenvalue weighted by molar-refractivity contribution is 5.92. The van der Waals surface area contributed by atoms with Crippen molar-refractivity contribution in [3.63, 3.8) is 0 Å². The van der Waals surface area contributed by atoms with Gasteiger partial charge >= 0.3 is 0 Å². The van der Waals surface area contributed by atoms with Crippen LogP contribution in [0.15, 0.2) is 6.20 Å². The van der Waals surface area contributed by atoms with Crippen LogP contribution in [0.2, 0.25) is 0 Å². The Morgan fingerprint density at radius 3 is 2.83 bits per heavy atom. The van der Waals surface area contributed by atoms with Crippen LogP contribution in [0.3, 0.4) is 0 Å². The van der Waals surface area contributed by atoms with Crippen molar-refractivity contribution < 1.29 is 9.53 Å². The number of halogens is 1. The van der Waals surface area contributed by atoms with Crippen LogP contribution < -0.4 is 5.32 Å². The van der Waals surface area contributed by atoms with Crippen LogP contribution in [-0.2, 0) is 4.74 Å². The van der Waals surface area contributed by atoms with Crippen molar-refractivity contribution in [2.24, 2.45) is 5.92 Å². The van der Waals surface area contributed by atoms with Crippen molar-refractivity contribution in [2.45, 2.75) is 45.3 Å². The third-order valence-corrected chi connectivity index (χ3v) is 4.51. The molecule has 0 bridgehead atoms. The molecule has 1 aromatic rings. The minimum absolute atomic E-state index is 0. The molecule has 136 valence electrons. The van der Waals surface area contributed by atoms with Gasteiger partial charge in [0, 0.05) is 19.7 Å². The monoisotopic (exact) mass is 357 g/mol. The molecular formula is C16H28ClN5O2. The second-order valence-electron chi connectivity index (χ2n) is 6.95. The SMILES string of the molecule is CC(C)COC1CCN(C(=O)c2cn(C3CCNCC3)nn2)C1.Cl. The summed E-state index contributed by atoms with van der Waals surface area (Å²) in [6.45, 7) is 8.41. The van der Waals surface area contributed by atoms with E-state index in [2.05, 4.69) is 29.5 Å². The van der Waals surface area contributed by atoms with E-state index in [1.165, 1.54) is 0 Å². The van der Waals surface area contributed by atoms with Gasteiger partial charge in [-0.3, -0.25) is 4.79 Å². The number of nitrogens with zero attached hydrogens (tertiary/aromatic N) is 4. The standard InChI is InChI=1S/C16H27N5O2.ClH/c1-12(2)11-23-14-5-8-20(9-14)16(22)15-10-21(19-18-15)13-3-6-17-7-4-13;/h10,12-14,17H,3-9,11H2,1-2H3;1H. The Balaban J connectivity index is 0.00000208. The van der Waals surface area contributed by atoms with E-state index in [9.17, 15) is 4.79 Å². The molecule has 24 heavy (non-hydrogen) atoms. The first kappa shape index (κ1) is 19.1. The minimum atomic E-state index is -0.0270. The second kappa shape index (κ2) is 8.78. The van der Waals surface area contributed by atoms with Gasteiger partial charge in [0.1, 0.15) is 0 Å². The molecule has 3 heterocycles. The third-order valence-electron chi connectivity index (χ3n) is 4.51. The Morgan fingerprint density at radius 1 is 1.38 bits per heavy atom. The van der Waals surface area contributed by atoms with E-state index in [-0.39, 0.29) is 24.4 Å². The minimum Gasteiger partial charge on any atom is -0.376 e. The second-order valence-corrected chi connectivity index (χ2v) is 6.95. The summed E-state index contributed by atoms with van der Waals surface area (Å²) < 4.78 is 7.70. The maximum Gasteiger partial charge on any atom is 0.276 e. The summed E-state index contributed by atoms with van der Waals surface area (Å²) in [6, 6.07) is 0.353. The molecule has 1 aromatic heterocycles. The molecule has 3 rings (SSSR count). The molecule has 2 aliphatic rings. The first-order valence-electron chi connectivity index (χ1n) is 8.67. The lowest BCUT2D eigenvalue weighted by Gasteiger charge is -2.22. The highest BCUT2D eigenvalue weighted by Crippen LogP contribution is 2.19. The van der Waals surface area contributed by atoms with E-state index in [1.54, 1.807) is 6.20 Å². The lowest BCUT2D eigenvalue weighted by atomic mass is 10.1. The van der Waals surface area contributed by atoms with Gasteiger partial charge in [-0.2, -0.15) is 0 Å². The van der Waals surface area contributed by atoms with Gasteiger partial charge in [-0.15, -0.1) is 17.5 Å². The zero-order valence-corrected chi connectivity index (χ0v) is 15.3. The number of aromatic nitrogens is 3. The predicted octanol–water partition coefficient (Wildman–Crippen LogP) is 1.51. The maximum atomic E-state index is 12.6. The predicted molar refractivity (Wildman–Crippen MR) is 93.5 cm³/mol. The summed E-state index contributed by atoms with van der Waals surface area (Å²) in [4.78, 5) is 14.4. The fourth-order valence-corrected chi connectivity index (χ4v) is 3.16. The molecule has 0 saturated carbocycles. The van der Waals surface area contributed by atoms with Crippen molar-refractivity contribution in [1.29, 1.82) is 0 Å². The molecule has 1 N–H and O–H groups in total. The van der Waals surface area contributed by atoms with Crippen LogP contribution in [0.4, 0.5) is 0 Å². The van der Waals surface area contributed by atoms with Crippen molar-refractivity contribution in [1.82, 2.24) is 25.2 Å². The smallest absolute Gasteiger partial charge is 0.276 e. The lowest BCUT2D eigenvalue weighted by molar-refractivity contribution is 0.0395. The number of likely N-dealkylation sites (tertiary alicyclic amines) is 1. The van der Waals surface area contributed by atoms with Gasteiger partial charge in [-0.25, -0.2) is 4.68 Å². The Labute approximate surface area is 149 Å². The molecule has 1 atom stereocenters. The van der Waals surface area contributed by atoms with Crippen molar-refractivity contribution in [2.75, 3.05) is 32.8 Å². The maximum absolute atomic E-state index is 12.6. The number of carbonyl (C=O) groups is 1. The summed E-state index contributed by atoms with van der Waals surface area (Å²) >= 11 is 0. The third kappa shape index (κ3) is 4.68. The molecule has 2 aliphatic heterocycles. The van der Waals surface area contributed by atoms with Gasteiger partial charge in [0.15, 0.2) is 5.69 Å². The van der Waals surface area contributed by atoms with Gasteiger partial charge in [0.25, 0.3) is 5.91 Å². The number of amides is 1. The molecular weight excluding hydrogens is 330 g/mol. The van der Waals surface area contributed by atoms with Gasteiger partial charge < -0.3 is 15.0 Å². The van der Waals surface area contributed by atoms with E-state index in [4.69, 9.17) is 4.74 Å². The average Bonchev–Trinajstić information content (AvgIpc) is 3.23. The molecule has 1 amide bonds. The largest absolute Gasteiger partial charge is 0.376 e. The van der Waals surface area contributed by atoms with Crippen molar-refractivity contribution in [3.8, 4) is 0 Å². The first-order chi connectivity index (χ1) is 11.1. The summed E-state index contributed by atoms with van der Waals surface area (Å²) in [7, 11) is 0. The van der Waals surface area contributed by atoms with Crippen LogP contribution in [0, 0.1) is 5.92 Å². The first-order valence-corrected chi connectivity index (χ1v) is 8.67. The Kier molecular flexibility index (Phi) is 7.01. The average molecular weight is 358 g/mol. The summed E-state index contributed by atoms with van der Waals surface area (Å²) in [5, 5.41) is 11.6.